The van der Waals surface area contributed by atoms with Crippen LogP contribution in [0.1, 0.15) is 18.4 Å². The summed E-state index contributed by atoms with van der Waals surface area (Å²) in [4.78, 5) is 13.8. The van der Waals surface area contributed by atoms with Gasteiger partial charge in [0.1, 0.15) is 0 Å². The molecule has 1 saturated heterocycles. The molecule has 0 aliphatic carbocycles. The first kappa shape index (κ1) is 15.4. The number of amides is 1. The quantitative estimate of drug-likeness (QED) is 0.802. The van der Waals surface area contributed by atoms with Crippen molar-refractivity contribution in [3.63, 3.8) is 0 Å². The van der Waals surface area contributed by atoms with E-state index in [0.29, 0.717) is 25.9 Å². The number of piperidine rings is 1. The Kier molecular flexibility index (Phi) is 5.88. The lowest BCUT2D eigenvalue weighted by Crippen LogP contribution is -2.52. The molecule has 2 rings (SSSR count). The lowest BCUT2D eigenvalue weighted by Gasteiger charge is -2.34. The van der Waals surface area contributed by atoms with E-state index in [9.17, 15) is 9.90 Å². The Bertz CT molecular complexity index is 427. The van der Waals surface area contributed by atoms with E-state index in [1.54, 1.807) is 16.7 Å². The van der Waals surface area contributed by atoms with Gasteiger partial charge in [0.15, 0.2) is 0 Å². The van der Waals surface area contributed by atoms with Crippen LogP contribution >= 0.6 is 11.8 Å². The van der Waals surface area contributed by atoms with Gasteiger partial charge in [-0.25, -0.2) is 0 Å². The molecule has 1 aromatic rings. The third-order valence-electron chi connectivity index (χ3n) is 3.56. The first-order valence-corrected chi connectivity index (χ1v) is 8.15. The van der Waals surface area contributed by atoms with Gasteiger partial charge in [0, 0.05) is 37.1 Å². The molecule has 110 valence electrons. The van der Waals surface area contributed by atoms with Gasteiger partial charge < -0.3 is 15.7 Å². The minimum atomic E-state index is -0.579. The molecule has 20 heavy (non-hydrogen) atoms. The van der Waals surface area contributed by atoms with E-state index in [-0.39, 0.29) is 11.9 Å². The van der Waals surface area contributed by atoms with Crippen LogP contribution in [0.3, 0.4) is 0 Å². The number of hydrogen-bond acceptors (Lipinski definition) is 4. The minimum Gasteiger partial charge on any atom is -0.390 e. The van der Waals surface area contributed by atoms with Crippen molar-refractivity contribution >= 4 is 17.7 Å². The molecule has 0 bridgehead atoms. The van der Waals surface area contributed by atoms with Crippen LogP contribution in [0.5, 0.6) is 0 Å². The van der Waals surface area contributed by atoms with Gasteiger partial charge in [-0.1, -0.05) is 30.3 Å². The van der Waals surface area contributed by atoms with Crippen molar-refractivity contribution in [2.45, 2.75) is 30.7 Å². The summed E-state index contributed by atoms with van der Waals surface area (Å²) in [6, 6.07) is 10.1. The average molecular weight is 294 g/mol. The molecule has 3 N–H and O–H groups in total. The highest BCUT2D eigenvalue weighted by Gasteiger charge is 2.27. The van der Waals surface area contributed by atoms with Crippen molar-refractivity contribution in [3.05, 3.63) is 35.9 Å². The van der Waals surface area contributed by atoms with E-state index in [0.717, 1.165) is 11.5 Å². The van der Waals surface area contributed by atoms with Crippen molar-refractivity contribution < 1.29 is 9.90 Å². The lowest BCUT2D eigenvalue weighted by molar-refractivity contribution is -0.134. The summed E-state index contributed by atoms with van der Waals surface area (Å²) in [6.07, 6.45) is 0.633. The maximum absolute atomic E-state index is 12.0. The molecule has 1 aliphatic rings. The van der Waals surface area contributed by atoms with Crippen LogP contribution in [-0.4, -0.2) is 46.9 Å². The number of rotatable bonds is 5. The fraction of sp³-hybridized carbons (Fsp3) is 0.533. The van der Waals surface area contributed by atoms with Gasteiger partial charge in [-0.2, -0.15) is 11.8 Å². The van der Waals surface area contributed by atoms with Gasteiger partial charge >= 0.3 is 0 Å². The van der Waals surface area contributed by atoms with Crippen molar-refractivity contribution in [2.24, 2.45) is 5.73 Å². The molecule has 0 unspecified atom stereocenters. The van der Waals surface area contributed by atoms with Crippen molar-refractivity contribution in [1.29, 1.82) is 0 Å². The van der Waals surface area contributed by atoms with Gasteiger partial charge in [0.05, 0.1) is 6.10 Å². The Hall–Kier alpha value is -1.04. The van der Waals surface area contributed by atoms with E-state index in [1.807, 2.05) is 18.2 Å². The summed E-state index contributed by atoms with van der Waals surface area (Å²) >= 11 is 1.77. The highest BCUT2D eigenvalue weighted by molar-refractivity contribution is 7.98. The fourth-order valence-corrected chi connectivity index (χ4v) is 3.15. The Labute approximate surface area is 124 Å². The second kappa shape index (κ2) is 7.67. The van der Waals surface area contributed by atoms with E-state index in [4.69, 9.17) is 5.73 Å². The molecule has 2 atom stereocenters. The number of aliphatic hydroxyl groups is 1. The second-order valence-electron chi connectivity index (χ2n) is 5.15. The molecule has 0 saturated carbocycles. The van der Waals surface area contributed by atoms with Crippen molar-refractivity contribution in [1.82, 2.24) is 4.90 Å². The summed E-state index contributed by atoms with van der Waals surface area (Å²) in [6.45, 7) is 1.05. The first-order valence-electron chi connectivity index (χ1n) is 7.00. The summed E-state index contributed by atoms with van der Waals surface area (Å²) in [5.41, 5.74) is 7.02. The molecule has 0 spiro atoms. The topological polar surface area (TPSA) is 66.6 Å². The highest BCUT2D eigenvalue weighted by atomic mass is 32.2. The van der Waals surface area contributed by atoms with Crippen LogP contribution in [0.15, 0.2) is 30.3 Å². The lowest BCUT2D eigenvalue weighted by atomic mass is 10.0. The summed E-state index contributed by atoms with van der Waals surface area (Å²) in [7, 11) is 0. The zero-order valence-electron chi connectivity index (χ0n) is 11.6. The predicted molar refractivity (Wildman–Crippen MR) is 82.4 cm³/mol. The number of carbonyl (C=O) groups is 1. The SMILES string of the molecule is N[C@@H]1CCN(C(=O)CCSCc2ccccc2)C[C@H]1O. The minimum absolute atomic E-state index is 0.122. The summed E-state index contributed by atoms with van der Waals surface area (Å²) < 4.78 is 0. The molecule has 5 heteroatoms. The van der Waals surface area contributed by atoms with Crippen LogP contribution in [0.25, 0.3) is 0 Å². The maximum atomic E-state index is 12.0. The Morgan fingerprint density at radius 2 is 2.15 bits per heavy atom. The highest BCUT2D eigenvalue weighted by Crippen LogP contribution is 2.15. The molecule has 1 aliphatic heterocycles. The third-order valence-corrected chi connectivity index (χ3v) is 4.59. The van der Waals surface area contributed by atoms with Crippen molar-refractivity contribution in [2.75, 3.05) is 18.8 Å². The van der Waals surface area contributed by atoms with Crippen LogP contribution in [0.4, 0.5) is 0 Å². The number of benzene rings is 1. The monoisotopic (exact) mass is 294 g/mol. The zero-order chi connectivity index (χ0) is 14.4. The smallest absolute Gasteiger partial charge is 0.223 e. The molecule has 0 radical (unpaired) electrons. The Morgan fingerprint density at radius 1 is 1.40 bits per heavy atom. The summed E-state index contributed by atoms with van der Waals surface area (Å²) in [5, 5.41) is 9.69. The number of likely N-dealkylation sites (tertiary alicyclic amines) is 1. The second-order valence-corrected chi connectivity index (χ2v) is 6.25. The normalized spacial score (nSPS) is 22.8. The van der Waals surface area contributed by atoms with Crippen molar-refractivity contribution in [3.8, 4) is 0 Å². The number of hydrogen-bond donors (Lipinski definition) is 2. The maximum Gasteiger partial charge on any atom is 0.223 e. The molecule has 1 aromatic carbocycles. The van der Waals surface area contributed by atoms with E-state index in [2.05, 4.69) is 12.1 Å². The molecule has 4 nitrogen and oxygen atoms in total. The van der Waals surface area contributed by atoms with Crippen LogP contribution in [-0.2, 0) is 10.5 Å². The summed E-state index contributed by atoms with van der Waals surface area (Å²) in [5.74, 6) is 1.87. The number of β-amino-alcohol motifs (C(OH)–C–C–N with tert-alkyl or cyclic N) is 1. The number of nitrogens with two attached hydrogens (primary N) is 1. The predicted octanol–water partition coefficient (Wildman–Crippen LogP) is 1.23. The molecular formula is C15H22N2O2S. The molecule has 1 amide bonds. The standard InChI is InChI=1S/C15H22N2O2S/c16-13-6-8-17(10-14(13)18)15(19)7-9-20-11-12-4-2-1-3-5-12/h1-5,13-14,18H,6-11,16H2/t13-,14-/m1/s1. The van der Waals surface area contributed by atoms with Gasteiger partial charge in [-0.15, -0.1) is 0 Å². The Morgan fingerprint density at radius 3 is 2.85 bits per heavy atom. The Balaban J connectivity index is 1.65. The first-order chi connectivity index (χ1) is 9.66. The van der Waals surface area contributed by atoms with Gasteiger partial charge in [-0.05, 0) is 12.0 Å². The molecule has 0 aromatic heterocycles. The van der Waals surface area contributed by atoms with Crippen LogP contribution in [0, 0.1) is 0 Å². The number of aliphatic hydroxyl groups excluding tert-OH is 1. The average Bonchev–Trinajstić information content (AvgIpc) is 2.47. The number of nitrogens with zero attached hydrogens (tertiary/aromatic N) is 1. The largest absolute Gasteiger partial charge is 0.390 e. The van der Waals surface area contributed by atoms with E-state index in [1.165, 1.54) is 5.56 Å². The zero-order valence-corrected chi connectivity index (χ0v) is 12.4. The van der Waals surface area contributed by atoms with E-state index < -0.39 is 6.10 Å². The van der Waals surface area contributed by atoms with Gasteiger partial charge in [0.25, 0.3) is 0 Å². The number of carbonyl (C=O) groups excluding carboxylic acids is 1. The van der Waals surface area contributed by atoms with Gasteiger partial charge in [-0.3, -0.25) is 4.79 Å². The fourth-order valence-electron chi connectivity index (χ4n) is 2.26. The van der Waals surface area contributed by atoms with Gasteiger partial charge in [0.2, 0.25) is 5.91 Å². The third kappa shape index (κ3) is 4.51. The van der Waals surface area contributed by atoms with Crippen LogP contribution < -0.4 is 5.73 Å². The van der Waals surface area contributed by atoms with Crippen LogP contribution in [0.2, 0.25) is 0 Å². The number of thioether (sulfide) groups is 1. The molecule has 1 heterocycles. The molecule has 1 fully saturated rings. The van der Waals surface area contributed by atoms with E-state index >= 15 is 0 Å². The molecular weight excluding hydrogens is 272 g/mol.